The van der Waals surface area contributed by atoms with Gasteiger partial charge in [0.25, 0.3) is 9.05 Å². The Kier molecular flexibility index (Phi) is 2.09. The Morgan fingerprint density at radius 3 is 2.71 bits per heavy atom. The maximum Gasteiger partial charge on any atom is 0.280 e. The third-order valence-electron chi connectivity index (χ3n) is 1.48. The van der Waals surface area contributed by atoms with E-state index in [-0.39, 0.29) is 15.8 Å². The van der Waals surface area contributed by atoms with Crippen molar-refractivity contribution in [2.45, 2.75) is 5.03 Å². The molecule has 0 radical (unpaired) electrons. The van der Waals surface area contributed by atoms with Crippen LogP contribution in [-0.4, -0.2) is 28.0 Å². The second-order valence-electron chi connectivity index (χ2n) is 2.32. The van der Waals surface area contributed by atoms with Crippen LogP contribution in [0.4, 0.5) is 0 Å². The summed E-state index contributed by atoms with van der Waals surface area (Å²) in [6.45, 7) is 0. The van der Waals surface area contributed by atoms with Crippen LogP contribution in [0, 0.1) is 0 Å². The molecule has 0 spiro atoms. The summed E-state index contributed by atoms with van der Waals surface area (Å²) in [4.78, 5) is 7.36. The first kappa shape index (κ1) is 9.63. The first-order chi connectivity index (χ1) is 6.50. The summed E-state index contributed by atoms with van der Waals surface area (Å²) in [7, 11) is 1.26. The second kappa shape index (κ2) is 3.04. The van der Waals surface area contributed by atoms with Crippen molar-refractivity contribution in [2.24, 2.45) is 0 Å². The van der Waals surface area contributed by atoms with Gasteiger partial charge in [-0.1, -0.05) is 11.6 Å². The van der Waals surface area contributed by atoms with Gasteiger partial charge in [0, 0.05) is 10.7 Å². The second-order valence-corrected chi connectivity index (χ2v) is 5.19. The molecule has 0 bridgehead atoms. The minimum atomic E-state index is -3.88. The molecule has 14 heavy (non-hydrogen) atoms. The number of fused-ring (bicyclic) bond motifs is 1. The molecule has 2 aromatic rings. The molecule has 0 saturated carbocycles. The molecule has 0 aliphatic carbocycles. The molecule has 0 unspecified atom stereocenters. The minimum Gasteiger partial charge on any atom is -0.231 e. The molecule has 0 atom stereocenters. The van der Waals surface area contributed by atoms with E-state index in [1.807, 2.05) is 0 Å². The highest BCUT2D eigenvalue weighted by atomic mass is 35.7. The fraction of sp³-hybridized carbons (Fsp3) is 0. The average Bonchev–Trinajstić information content (AvgIpc) is 2.47. The van der Waals surface area contributed by atoms with Gasteiger partial charge < -0.3 is 0 Å². The molecule has 0 aliphatic rings. The summed E-state index contributed by atoms with van der Waals surface area (Å²) < 4.78 is 23.1. The van der Waals surface area contributed by atoms with Crippen molar-refractivity contribution >= 4 is 37.0 Å². The predicted octanol–water partition coefficient (Wildman–Crippen LogP) is 0.705. The van der Waals surface area contributed by atoms with E-state index in [1.165, 1.54) is 0 Å². The highest BCUT2D eigenvalue weighted by Gasteiger charge is 2.18. The lowest BCUT2D eigenvalue weighted by Crippen LogP contribution is -2.01. The van der Waals surface area contributed by atoms with Crippen molar-refractivity contribution in [3.8, 4) is 0 Å². The van der Waals surface area contributed by atoms with E-state index >= 15 is 0 Å². The normalized spacial score (nSPS) is 12.1. The van der Waals surface area contributed by atoms with Gasteiger partial charge in [-0.15, -0.1) is 0 Å². The van der Waals surface area contributed by atoms with Crippen molar-refractivity contribution in [3.63, 3.8) is 0 Å². The Hall–Kier alpha value is -0.920. The number of aromatic nitrogens is 4. The average molecular weight is 253 g/mol. The van der Waals surface area contributed by atoms with Crippen LogP contribution in [0.5, 0.6) is 0 Å². The molecule has 6 nitrogen and oxygen atoms in total. The van der Waals surface area contributed by atoms with Gasteiger partial charge >= 0.3 is 0 Å². The fourth-order valence-corrected chi connectivity index (χ4v) is 1.94. The van der Waals surface area contributed by atoms with E-state index in [9.17, 15) is 8.42 Å². The molecule has 0 fully saturated rings. The first-order valence-corrected chi connectivity index (χ1v) is 5.98. The largest absolute Gasteiger partial charge is 0.280 e. The van der Waals surface area contributed by atoms with E-state index in [4.69, 9.17) is 22.3 Å². The van der Waals surface area contributed by atoms with Gasteiger partial charge in [-0.3, -0.25) is 0 Å². The summed E-state index contributed by atoms with van der Waals surface area (Å²) in [5, 5.41) is 3.49. The molecule has 2 heterocycles. The number of nitrogens with zero attached hydrogens (tertiary/aromatic N) is 4. The third kappa shape index (κ3) is 1.43. The van der Waals surface area contributed by atoms with Crippen LogP contribution in [0.3, 0.4) is 0 Å². The Morgan fingerprint density at radius 1 is 1.36 bits per heavy atom. The zero-order chi connectivity index (χ0) is 10.3. The van der Waals surface area contributed by atoms with E-state index in [0.717, 1.165) is 17.0 Å². The van der Waals surface area contributed by atoms with Gasteiger partial charge in [-0.05, 0) is 0 Å². The summed E-state index contributed by atoms with van der Waals surface area (Å²) in [6.07, 6.45) is 2.18. The lowest BCUT2D eigenvalue weighted by atomic mass is 10.8. The van der Waals surface area contributed by atoms with Crippen LogP contribution in [0.25, 0.3) is 5.65 Å². The van der Waals surface area contributed by atoms with Crippen LogP contribution >= 0.6 is 22.3 Å². The van der Waals surface area contributed by atoms with Gasteiger partial charge in [0.15, 0.2) is 15.8 Å². The molecular weight excluding hydrogens is 251 g/mol. The van der Waals surface area contributed by atoms with E-state index in [2.05, 4.69) is 15.1 Å². The first-order valence-electron chi connectivity index (χ1n) is 3.29. The van der Waals surface area contributed by atoms with Gasteiger partial charge in [-0.2, -0.15) is 9.61 Å². The fourth-order valence-electron chi connectivity index (χ4n) is 0.934. The SMILES string of the molecule is O=S(=O)(Cl)c1cnc2c(Cl)ncnn12. The quantitative estimate of drug-likeness (QED) is 0.699. The topological polar surface area (TPSA) is 77.2 Å². The van der Waals surface area contributed by atoms with Crippen LogP contribution in [0.15, 0.2) is 17.6 Å². The van der Waals surface area contributed by atoms with Gasteiger partial charge in [-0.25, -0.2) is 18.4 Å². The van der Waals surface area contributed by atoms with Crippen molar-refractivity contribution in [1.29, 1.82) is 0 Å². The molecule has 74 valence electrons. The highest BCUT2D eigenvalue weighted by molar-refractivity contribution is 8.13. The van der Waals surface area contributed by atoms with Crippen LogP contribution < -0.4 is 0 Å². The summed E-state index contributed by atoms with van der Waals surface area (Å²) in [5.74, 6) is 0. The van der Waals surface area contributed by atoms with Crippen molar-refractivity contribution in [2.75, 3.05) is 0 Å². The van der Waals surface area contributed by atoms with Gasteiger partial charge in [0.1, 0.15) is 6.33 Å². The molecule has 0 aromatic carbocycles. The predicted molar refractivity (Wildman–Crippen MR) is 48.8 cm³/mol. The van der Waals surface area contributed by atoms with E-state index in [1.54, 1.807) is 0 Å². The Morgan fingerprint density at radius 2 is 2.07 bits per heavy atom. The standard InChI is InChI=1S/C5H2Cl2N4O2S/c6-4-5-8-1-3(14(7,12)13)11(5)10-2-9-4/h1-2H. The van der Waals surface area contributed by atoms with Crippen LogP contribution in [-0.2, 0) is 9.05 Å². The zero-order valence-electron chi connectivity index (χ0n) is 6.42. The van der Waals surface area contributed by atoms with Crippen molar-refractivity contribution in [3.05, 3.63) is 17.7 Å². The Labute approximate surface area is 87.9 Å². The third-order valence-corrected chi connectivity index (χ3v) is 3.00. The molecule has 0 saturated heterocycles. The molecule has 9 heteroatoms. The Balaban J connectivity index is 2.90. The monoisotopic (exact) mass is 252 g/mol. The minimum absolute atomic E-state index is 0.0616. The number of rotatable bonds is 1. The molecule has 2 rings (SSSR count). The van der Waals surface area contributed by atoms with Crippen molar-refractivity contribution in [1.82, 2.24) is 19.6 Å². The molecular formula is C5H2Cl2N4O2S. The van der Waals surface area contributed by atoms with Crippen LogP contribution in [0.1, 0.15) is 0 Å². The molecule has 0 aliphatic heterocycles. The lowest BCUT2D eigenvalue weighted by molar-refractivity contribution is 0.601. The summed E-state index contributed by atoms with van der Waals surface area (Å²) in [5.41, 5.74) is 0.147. The van der Waals surface area contributed by atoms with Gasteiger partial charge in [0.05, 0.1) is 6.20 Å². The molecule has 2 aromatic heterocycles. The number of hydrogen-bond donors (Lipinski definition) is 0. The number of imidazole rings is 1. The zero-order valence-corrected chi connectivity index (χ0v) is 8.75. The van der Waals surface area contributed by atoms with Crippen LogP contribution in [0.2, 0.25) is 5.15 Å². The highest BCUT2D eigenvalue weighted by Crippen LogP contribution is 2.18. The van der Waals surface area contributed by atoms with Crippen molar-refractivity contribution < 1.29 is 8.42 Å². The number of halogens is 2. The number of hydrogen-bond acceptors (Lipinski definition) is 5. The summed E-state index contributed by atoms with van der Waals surface area (Å²) >= 11 is 5.65. The molecule has 0 amide bonds. The lowest BCUT2D eigenvalue weighted by Gasteiger charge is -1.95. The Bertz CT molecular complexity index is 593. The maximum atomic E-state index is 11.0. The molecule has 0 N–H and O–H groups in total. The van der Waals surface area contributed by atoms with Gasteiger partial charge in [0.2, 0.25) is 0 Å². The summed E-state index contributed by atoms with van der Waals surface area (Å²) in [6, 6.07) is 0. The van der Waals surface area contributed by atoms with E-state index < -0.39 is 9.05 Å². The van der Waals surface area contributed by atoms with E-state index in [0.29, 0.717) is 0 Å². The smallest absolute Gasteiger partial charge is 0.231 e. The maximum absolute atomic E-state index is 11.0.